The Hall–Kier alpha value is -3.36. The van der Waals surface area contributed by atoms with Gasteiger partial charge in [0, 0.05) is 19.0 Å². The third kappa shape index (κ3) is 5.04. The van der Waals surface area contributed by atoms with E-state index in [0.29, 0.717) is 18.1 Å². The maximum atomic E-state index is 14.6. The van der Waals surface area contributed by atoms with Crippen LogP contribution in [0.5, 0.6) is 5.88 Å². The third-order valence-electron chi connectivity index (χ3n) is 5.21. The van der Waals surface area contributed by atoms with Crippen LogP contribution in [0.25, 0.3) is 0 Å². The molecule has 2 heterocycles. The molecule has 1 unspecified atom stereocenters. The normalized spacial score (nSPS) is 18.6. The van der Waals surface area contributed by atoms with Gasteiger partial charge in [0.25, 0.3) is 0 Å². The van der Waals surface area contributed by atoms with Gasteiger partial charge in [-0.25, -0.2) is 19.4 Å². The van der Waals surface area contributed by atoms with E-state index in [1.54, 1.807) is 13.0 Å². The minimum atomic E-state index is -1.14. The number of hydrogen-bond donors (Lipinski definition) is 1. The van der Waals surface area contributed by atoms with Gasteiger partial charge in [-0.2, -0.15) is 0 Å². The number of carbonyl (C=O) groups excluding carboxylic acids is 2. The first-order chi connectivity index (χ1) is 14.7. The first kappa shape index (κ1) is 22.3. The molecule has 31 heavy (non-hydrogen) atoms. The Kier molecular flexibility index (Phi) is 6.62. The van der Waals surface area contributed by atoms with E-state index in [-0.39, 0.29) is 41.7 Å². The van der Waals surface area contributed by atoms with Gasteiger partial charge in [-0.15, -0.1) is 0 Å². The average molecular weight is 427 g/mol. The lowest BCUT2D eigenvalue weighted by atomic mass is 9.85. The Bertz CT molecular complexity index is 1010. The summed E-state index contributed by atoms with van der Waals surface area (Å²) in [5.41, 5.74) is 5.67. The number of nitrogens with zero attached hydrogens (tertiary/aromatic N) is 4. The number of benzene rings is 1. The zero-order valence-corrected chi connectivity index (χ0v) is 17.9. The topological polar surface area (TPSA) is 111 Å². The highest BCUT2D eigenvalue weighted by Crippen LogP contribution is 2.35. The third-order valence-corrected chi connectivity index (χ3v) is 5.21. The number of Topliss-reactive ketones (excluding diaryl/α,β-unsaturated/α-hetero) is 1. The second-order valence-electron chi connectivity index (χ2n) is 7.73. The fourth-order valence-corrected chi connectivity index (χ4v) is 3.29. The number of ketones is 1. The highest BCUT2D eigenvalue weighted by Gasteiger charge is 2.38. The number of ether oxygens (including phenoxy) is 1. The molecule has 164 valence electrons. The van der Waals surface area contributed by atoms with E-state index >= 15 is 0 Å². The van der Waals surface area contributed by atoms with Gasteiger partial charge in [-0.05, 0) is 31.0 Å². The molecule has 0 saturated heterocycles. The van der Waals surface area contributed by atoms with Crippen molar-refractivity contribution in [2.75, 3.05) is 13.7 Å². The maximum absolute atomic E-state index is 14.6. The van der Waals surface area contributed by atoms with E-state index in [0.717, 1.165) is 12.8 Å². The Morgan fingerprint density at radius 2 is 2.10 bits per heavy atom. The van der Waals surface area contributed by atoms with E-state index in [4.69, 9.17) is 10.5 Å². The van der Waals surface area contributed by atoms with Crippen molar-refractivity contribution < 1.29 is 18.7 Å². The molecule has 3 rings (SSSR count). The van der Waals surface area contributed by atoms with Crippen molar-refractivity contribution in [3.8, 4) is 5.88 Å². The Morgan fingerprint density at radius 3 is 2.74 bits per heavy atom. The molecule has 2 N–H and O–H groups in total. The molecule has 1 aliphatic heterocycles. The van der Waals surface area contributed by atoms with Crippen molar-refractivity contribution in [3.05, 3.63) is 53.2 Å². The van der Waals surface area contributed by atoms with Crippen molar-refractivity contribution >= 4 is 17.6 Å². The summed E-state index contributed by atoms with van der Waals surface area (Å²) < 4.78 is 20.1. The lowest BCUT2D eigenvalue weighted by Gasteiger charge is -2.34. The van der Waals surface area contributed by atoms with Crippen LogP contribution in [0.2, 0.25) is 0 Å². The summed E-state index contributed by atoms with van der Waals surface area (Å²) in [5.74, 6) is -0.647. The molecule has 0 fully saturated rings. The number of unbranched alkanes of at least 4 members (excludes halogenated alkanes) is 1. The number of hydrogen-bond acceptors (Lipinski definition) is 7. The number of aliphatic imine (C=N–C) groups is 1. The van der Waals surface area contributed by atoms with Crippen LogP contribution in [0, 0.1) is 5.82 Å². The summed E-state index contributed by atoms with van der Waals surface area (Å²) >= 11 is 0. The SMILES string of the molecule is CCCCOc1cnc(C(=O)Cc2ccc(F)c(C3(C)CC(=O)N(C)C(N)=N3)c2)cn1. The van der Waals surface area contributed by atoms with E-state index < -0.39 is 11.4 Å². The van der Waals surface area contributed by atoms with Crippen LogP contribution in [0.3, 0.4) is 0 Å². The largest absolute Gasteiger partial charge is 0.477 e. The van der Waals surface area contributed by atoms with Gasteiger partial charge in [0.2, 0.25) is 11.8 Å². The lowest BCUT2D eigenvalue weighted by molar-refractivity contribution is -0.128. The maximum Gasteiger partial charge on any atom is 0.232 e. The Morgan fingerprint density at radius 1 is 1.32 bits per heavy atom. The molecule has 0 radical (unpaired) electrons. The van der Waals surface area contributed by atoms with Gasteiger partial charge in [-0.1, -0.05) is 19.4 Å². The molecule has 1 aliphatic rings. The van der Waals surface area contributed by atoms with E-state index in [1.807, 2.05) is 0 Å². The van der Waals surface area contributed by atoms with Crippen molar-refractivity contribution in [3.63, 3.8) is 0 Å². The van der Waals surface area contributed by atoms with Crippen LogP contribution in [-0.4, -0.2) is 46.2 Å². The molecule has 2 aromatic rings. The summed E-state index contributed by atoms with van der Waals surface area (Å²) in [5, 5.41) is 0. The molecular weight excluding hydrogens is 401 g/mol. The van der Waals surface area contributed by atoms with Crippen molar-refractivity contribution in [2.24, 2.45) is 10.7 Å². The fraction of sp³-hybridized carbons (Fsp3) is 0.409. The second kappa shape index (κ2) is 9.20. The van der Waals surface area contributed by atoms with Gasteiger partial charge >= 0.3 is 0 Å². The van der Waals surface area contributed by atoms with Crippen LogP contribution in [-0.2, 0) is 16.8 Å². The molecule has 1 atom stereocenters. The molecule has 0 aliphatic carbocycles. The summed E-state index contributed by atoms with van der Waals surface area (Å²) in [6, 6.07) is 4.35. The van der Waals surface area contributed by atoms with E-state index in [9.17, 15) is 14.0 Å². The van der Waals surface area contributed by atoms with Gasteiger partial charge in [0.1, 0.15) is 11.5 Å². The Balaban J connectivity index is 1.78. The first-order valence-electron chi connectivity index (χ1n) is 10.1. The van der Waals surface area contributed by atoms with Gasteiger partial charge in [0.15, 0.2) is 11.7 Å². The quantitative estimate of drug-likeness (QED) is 0.512. The molecule has 1 amide bonds. The second-order valence-corrected chi connectivity index (χ2v) is 7.73. The first-order valence-corrected chi connectivity index (χ1v) is 10.1. The zero-order valence-electron chi connectivity index (χ0n) is 17.9. The summed E-state index contributed by atoms with van der Waals surface area (Å²) in [6.45, 7) is 4.25. The number of rotatable bonds is 8. The van der Waals surface area contributed by atoms with Crippen LogP contribution < -0.4 is 10.5 Å². The number of carbonyl (C=O) groups is 2. The van der Waals surface area contributed by atoms with E-state index in [1.165, 1.54) is 36.5 Å². The van der Waals surface area contributed by atoms with Crippen LogP contribution in [0.4, 0.5) is 4.39 Å². The average Bonchev–Trinajstić information content (AvgIpc) is 2.74. The molecule has 0 bridgehead atoms. The zero-order chi connectivity index (χ0) is 22.6. The lowest BCUT2D eigenvalue weighted by Crippen LogP contribution is -2.47. The Labute approximate surface area is 180 Å². The van der Waals surface area contributed by atoms with Crippen molar-refractivity contribution in [2.45, 2.75) is 45.1 Å². The molecule has 8 nitrogen and oxygen atoms in total. The summed E-state index contributed by atoms with van der Waals surface area (Å²) in [7, 11) is 1.52. The predicted molar refractivity (Wildman–Crippen MR) is 113 cm³/mol. The fourth-order valence-electron chi connectivity index (χ4n) is 3.29. The van der Waals surface area contributed by atoms with Crippen LogP contribution in [0.1, 0.15) is 54.7 Å². The number of guanidine groups is 1. The number of nitrogens with two attached hydrogens (primary N) is 1. The van der Waals surface area contributed by atoms with E-state index in [2.05, 4.69) is 21.9 Å². The standard InChI is InChI=1S/C22H26FN5O3/c1-4-5-8-31-19-13-25-17(12-26-19)18(29)10-14-6-7-16(23)15(9-14)22(2)11-20(30)28(3)21(24)27-22/h6-7,9,12-13H,4-5,8,10-11H2,1-3H3,(H2,24,27). The summed E-state index contributed by atoms with van der Waals surface area (Å²) in [6.07, 6.45) is 4.68. The molecule has 9 heteroatoms. The van der Waals surface area contributed by atoms with Crippen LogP contribution in [0.15, 0.2) is 35.6 Å². The predicted octanol–water partition coefficient (Wildman–Crippen LogP) is 2.61. The highest BCUT2D eigenvalue weighted by molar-refractivity contribution is 5.99. The molecule has 0 saturated carbocycles. The monoisotopic (exact) mass is 427 g/mol. The molecular formula is C22H26FN5O3. The van der Waals surface area contributed by atoms with Gasteiger partial charge in [-0.3, -0.25) is 14.5 Å². The summed E-state index contributed by atoms with van der Waals surface area (Å²) in [4.78, 5) is 38.7. The van der Waals surface area contributed by atoms with Crippen LogP contribution >= 0.6 is 0 Å². The molecule has 0 spiro atoms. The minimum absolute atomic E-state index is 0.00112. The minimum Gasteiger partial charge on any atom is -0.477 e. The molecule has 1 aromatic heterocycles. The van der Waals surface area contributed by atoms with Gasteiger partial charge in [0.05, 0.1) is 31.0 Å². The van der Waals surface area contributed by atoms with Crippen molar-refractivity contribution in [1.82, 2.24) is 14.9 Å². The highest BCUT2D eigenvalue weighted by atomic mass is 19.1. The van der Waals surface area contributed by atoms with Crippen molar-refractivity contribution in [1.29, 1.82) is 0 Å². The molecule has 1 aromatic carbocycles. The number of amides is 1. The smallest absolute Gasteiger partial charge is 0.232 e. The number of halogens is 1. The number of aromatic nitrogens is 2. The van der Waals surface area contributed by atoms with Gasteiger partial charge < -0.3 is 10.5 Å².